The maximum Gasteiger partial charge on any atom is 0.0362 e. The normalized spacial score (nSPS) is 30.2. The third-order valence-corrected chi connectivity index (χ3v) is 4.68. The molecule has 0 aliphatic heterocycles. The van der Waals surface area contributed by atoms with Crippen LogP contribution in [0.1, 0.15) is 66.2 Å². The highest BCUT2D eigenvalue weighted by atomic mass is 15.2. The lowest BCUT2D eigenvalue weighted by Crippen LogP contribution is -2.62. The van der Waals surface area contributed by atoms with Crippen LogP contribution in [0.5, 0.6) is 0 Å². The fourth-order valence-electron chi connectivity index (χ4n) is 3.88. The van der Waals surface area contributed by atoms with Gasteiger partial charge in [-0.3, -0.25) is 4.90 Å². The predicted molar refractivity (Wildman–Crippen MR) is 76.2 cm³/mol. The Balaban J connectivity index is 2.95. The van der Waals surface area contributed by atoms with Crippen LogP contribution in [-0.2, 0) is 0 Å². The van der Waals surface area contributed by atoms with Crippen LogP contribution in [0.25, 0.3) is 0 Å². The molecule has 1 fully saturated rings. The molecular weight excluding hydrogens is 208 g/mol. The molecule has 0 amide bonds. The van der Waals surface area contributed by atoms with Gasteiger partial charge in [-0.05, 0) is 45.6 Å². The van der Waals surface area contributed by atoms with E-state index in [1.54, 1.807) is 0 Å². The molecule has 0 aromatic carbocycles. The van der Waals surface area contributed by atoms with E-state index in [0.717, 1.165) is 12.5 Å². The molecule has 1 rings (SSSR count). The molecule has 2 heteroatoms. The van der Waals surface area contributed by atoms with Crippen molar-refractivity contribution < 1.29 is 0 Å². The lowest BCUT2D eigenvalue weighted by Gasteiger charge is -2.53. The summed E-state index contributed by atoms with van der Waals surface area (Å²) < 4.78 is 0. The molecule has 1 aliphatic carbocycles. The third kappa shape index (κ3) is 3.03. The molecule has 2 nitrogen and oxygen atoms in total. The van der Waals surface area contributed by atoms with Gasteiger partial charge in [0.15, 0.2) is 0 Å². The number of nitrogens with two attached hydrogens (primary N) is 1. The van der Waals surface area contributed by atoms with Crippen LogP contribution in [-0.4, -0.2) is 29.6 Å². The van der Waals surface area contributed by atoms with Crippen molar-refractivity contribution in [1.82, 2.24) is 4.90 Å². The molecule has 0 spiro atoms. The molecule has 0 bridgehead atoms. The second-order valence-electron chi connectivity index (χ2n) is 5.95. The molecule has 17 heavy (non-hydrogen) atoms. The van der Waals surface area contributed by atoms with Gasteiger partial charge in [0, 0.05) is 18.1 Å². The molecule has 2 N–H and O–H groups in total. The molecule has 0 radical (unpaired) electrons. The molecule has 102 valence electrons. The second kappa shape index (κ2) is 6.75. The van der Waals surface area contributed by atoms with E-state index in [4.69, 9.17) is 5.73 Å². The SMILES string of the molecule is CCCN(C(C)C)C1(CN)CCCCC1CC. The van der Waals surface area contributed by atoms with Gasteiger partial charge in [-0.25, -0.2) is 0 Å². The van der Waals surface area contributed by atoms with Crippen molar-refractivity contribution in [3.05, 3.63) is 0 Å². The number of nitrogens with zero attached hydrogens (tertiary/aromatic N) is 1. The second-order valence-corrected chi connectivity index (χ2v) is 5.95. The van der Waals surface area contributed by atoms with Crippen LogP contribution in [0.15, 0.2) is 0 Å². The van der Waals surface area contributed by atoms with Crippen LogP contribution >= 0.6 is 0 Å². The number of rotatable bonds is 6. The highest BCUT2D eigenvalue weighted by Gasteiger charge is 2.43. The minimum absolute atomic E-state index is 0.289. The third-order valence-electron chi connectivity index (χ3n) is 4.68. The molecule has 1 aliphatic rings. The van der Waals surface area contributed by atoms with Gasteiger partial charge >= 0.3 is 0 Å². The van der Waals surface area contributed by atoms with E-state index in [2.05, 4.69) is 32.6 Å². The first-order chi connectivity index (χ1) is 8.12. The zero-order valence-corrected chi connectivity index (χ0v) is 12.3. The van der Waals surface area contributed by atoms with Crippen molar-refractivity contribution in [3.8, 4) is 0 Å². The molecular formula is C15H32N2. The van der Waals surface area contributed by atoms with E-state index < -0.39 is 0 Å². The number of hydrogen-bond donors (Lipinski definition) is 1. The minimum Gasteiger partial charge on any atom is -0.329 e. The van der Waals surface area contributed by atoms with Crippen LogP contribution in [0, 0.1) is 5.92 Å². The van der Waals surface area contributed by atoms with Crippen molar-refractivity contribution >= 4 is 0 Å². The monoisotopic (exact) mass is 240 g/mol. The minimum atomic E-state index is 0.289. The van der Waals surface area contributed by atoms with Gasteiger partial charge in [0.25, 0.3) is 0 Å². The molecule has 2 atom stereocenters. The molecule has 0 aromatic rings. The average Bonchev–Trinajstić information content (AvgIpc) is 2.35. The van der Waals surface area contributed by atoms with Crippen molar-refractivity contribution in [3.63, 3.8) is 0 Å². The Kier molecular flexibility index (Phi) is 5.94. The Morgan fingerprint density at radius 3 is 2.47 bits per heavy atom. The van der Waals surface area contributed by atoms with Crippen LogP contribution in [0.4, 0.5) is 0 Å². The summed E-state index contributed by atoms with van der Waals surface area (Å²) in [5.74, 6) is 0.801. The van der Waals surface area contributed by atoms with E-state index in [1.165, 1.54) is 45.1 Å². The Labute approximate surface area is 108 Å². The first-order valence-electron chi connectivity index (χ1n) is 7.59. The summed E-state index contributed by atoms with van der Waals surface area (Å²) in [6.45, 7) is 11.3. The first kappa shape index (κ1) is 15.0. The van der Waals surface area contributed by atoms with Gasteiger partial charge in [0.2, 0.25) is 0 Å². The highest BCUT2D eigenvalue weighted by molar-refractivity contribution is 5.00. The summed E-state index contributed by atoms with van der Waals surface area (Å²) in [5.41, 5.74) is 6.52. The van der Waals surface area contributed by atoms with Gasteiger partial charge in [-0.2, -0.15) is 0 Å². The maximum absolute atomic E-state index is 6.23. The Hall–Kier alpha value is -0.0800. The van der Waals surface area contributed by atoms with Crippen molar-refractivity contribution in [2.45, 2.75) is 77.8 Å². The largest absolute Gasteiger partial charge is 0.329 e. The van der Waals surface area contributed by atoms with Gasteiger partial charge < -0.3 is 5.73 Å². The fourth-order valence-corrected chi connectivity index (χ4v) is 3.88. The maximum atomic E-state index is 6.23. The summed E-state index contributed by atoms with van der Waals surface area (Å²) in [7, 11) is 0. The van der Waals surface area contributed by atoms with Crippen LogP contribution in [0.3, 0.4) is 0 Å². The Morgan fingerprint density at radius 1 is 1.29 bits per heavy atom. The first-order valence-corrected chi connectivity index (χ1v) is 7.59. The molecule has 0 saturated heterocycles. The summed E-state index contributed by atoms with van der Waals surface area (Å²) in [5, 5.41) is 0. The zero-order valence-electron chi connectivity index (χ0n) is 12.3. The highest BCUT2D eigenvalue weighted by Crippen LogP contribution is 2.40. The Bertz CT molecular complexity index is 215. The molecule has 0 aromatic heterocycles. The van der Waals surface area contributed by atoms with E-state index in [1.807, 2.05) is 0 Å². The fraction of sp³-hybridized carbons (Fsp3) is 1.00. The van der Waals surface area contributed by atoms with Crippen LogP contribution < -0.4 is 5.73 Å². The van der Waals surface area contributed by atoms with Gasteiger partial charge in [0.05, 0.1) is 0 Å². The number of hydrogen-bond acceptors (Lipinski definition) is 2. The molecule has 1 saturated carbocycles. The van der Waals surface area contributed by atoms with E-state index in [0.29, 0.717) is 6.04 Å². The summed E-state index contributed by atoms with van der Waals surface area (Å²) in [6, 6.07) is 0.616. The van der Waals surface area contributed by atoms with Gasteiger partial charge in [0.1, 0.15) is 0 Å². The lowest BCUT2D eigenvalue weighted by molar-refractivity contribution is -0.0172. The summed E-state index contributed by atoms with van der Waals surface area (Å²) in [6.07, 6.45) is 7.96. The smallest absolute Gasteiger partial charge is 0.0362 e. The lowest BCUT2D eigenvalue weighted by atomic mass is 9.69. The van der Waals surface area contributed by atoms with Crippen molar-refractivity contribution in [2.75, 3.05) is 13.1 Å². The van der Waals surface area contributed by atoms with E-state index in [9.17, 15) is 0 Å². The van der Waals surface area contributed by atoms with Crippen molar-refractivity contribution in [2.24, 2.45) is 11.7 Å². The zero-order chi connectivity index (χ0) is 12.9. The van der Waals surface area contributed by atoms with Gasteiger partial charge in [-0.1, -0.05) is 33.1 Å². The van der Waals surface area contributed by atoms with E-state index in [-0.39, 0.29) is 5.54 Å². The van der Waals surface area contributed by atoms with Gasteiger partial charge in [-0.15, -0.1) is 0 Å². The van der Waals surface area contributed by atoms with Crippen molar-refractivity contribution in [1.29, 1.82) is 0 Å². The summed E-state index contributed by atoms with van der Waals surface area (Å²) in [4.78, 5) is 2.71. The quantitative estimate of drug-likeness (QED) is 0.771. The average molecular weight is 240 g/mol. The van der Waals surface area contributed by atoms with E-state index >= 15 is 0 Å². The summed E-state index contributed by atoms with van der Waals surface area (Å²) >= 11 is 0. The topological polar surface area (TPSA) is 29.3 Å². The molecule has 2 unspecified atom stereocenters. The Morgan fingerprint density at radius 2 is 2.00 bits per heavy atom. The predicted octanol–water partition coefficient (Wildman–Crippen LogP) is 3.40. The van der Waals surface area contributed by atoms with Crippen LogP contribution in [0.2, 0.25) is 0 Å². The standard InChI is InChI=1S/C15H32N2/c1-5-11-17(13(3)4)15(12-16)10-8-7-9-14(15)6-2/h13-14H,5-12,16H2,1-4H3. The molecule has 0 heterocycles.